The number of esters is 3. The molecule has 0 fully saturated rings. The highest BCUT2D eigenvalue weighted by Gasteiger charge is 2.19. The van der Waals surface area contributed by atoms with Gasteiger partial charge in [0.05, 0.1) is 0 Å². The fraction of sp³-hybridized carbons (Fsp3) is 0.943. The zero-order valence-corrected chi connectivity index (χ0v) is 40.4. The minimum atomic E-state index is -0.760. The minimum absolute atomic E-state index is 0.0639. The molecular formula is C53H102O6. The Morgan fingerprint density at radius 2 is 0.644 bits per heavy atom. The van der Waals surface area contributed by atoms with Gasteiger partial charge in [-0.1, -0.05) is 253 Å². The van der Waals surface area contributed by atoms with E-state index in [1.165, 1.54) is 180 Å². The van der Waals surface area contributed by atoms with E-state index in [4.69, 9.17) is 14.2 Å². The van der Waals surface area contributed by atoms with Gasteiger partial charge in [-0.3, -0.25) is 14.4 Å². The van der Waals surface area contributed by atoms with Crippen LogP contribution >= 0.6 is 0 Å². The van der Waals surface area contributed by atoms with Crippen LogP contribution in [0, 0.1) is 11.8 Å². The van der Waals surface area contributed by atoms with Crippen molar-refractivity contribution in [2.24, 2.45) is 11.8 Å². The summed E-state index contributed by atoms with van der Waals surface area (Å²) in [6.07, 6.45) is 46.7. The highest BCUT2D eigenvalue weighted by atomic mass is 16.6. The molecular weight excluding hydrogens is 733 g/mol. The molecule has 0 aliphatic heterocycles. The maximum absolute atomic E-state index is 12.8. The van der Waals surface area contributed by atoms with Gasteiger partial charge in [0.25, 0.3) is 0 Å². The fourth-order valence-corrected chi connectivity index (χ4v) is 7.96. The molecule has 0 rings (SSSR count). The first kappa shape index (κ1) is 57.4. The molecule has 0 aliphatic rings. The summed E-state index contributed by atoms with van der Waals surface area (Å²) in [5.41, 5.74) is 0. The average molecular weight is 835 g/mol. The van der Waals surface area contributed by atoms with Crippen molar-refractivity contribution in [3.05, 3.63) is 0 Å². The molecule has 0 saturated carbocycles. The van der Waals surface area contributed by atoms with Gasteiger partial charge < -0.3 is 14.2 Å². The van der Waals surface area contributed by atoms with Crippen LogP contribution in [0.1, 0.15) is 291 Å². The largest absolute Gasteiger partial charge is 0.462 e. The van der Waals surface area contributed by atoms with Gasteiger partial charge >= 0.3 is 17.9 Å². The minimum Gasteiger partial charge on any atom is -0.462 e. The first-order chi connectivity index (χ1) is 28.8. The van der Waals surface area contributed by atoms with E-state index >= 15 is 0 Å². The summed E-state index contributed by atoms with van der Waals surface area (Å²) in [6.45, 7) is 11.4. The van der Waals surface area contributed by atoms with E-state index < -0.39 is 6.10 Å². The average Bonchev–Trinajstić information content (AvgIpc) is 3.22. The summed E-state index contributed by atoms with van der Waals surface area (Å²) in [4.78, 5) is 37.8. The molecule has 0 heterocycles. The first-order valence-electron chi connectivity index (χ1n) is 26.3. The standard InChI is InChI=1S/C53H102O6/c1-6-8-9-10-26-33-38-43-51(54)57-46-50(47-58-52(55)44-39-34-29-24-20-17-13-14-18-22-27-31-36-41-48(3)4)59-53(56)45-40-35-30-25-21-16-12-11-15-19-23-28-32-37-42-49(5)7-2/h48-50H,6-47H2,1-5H3/t49?,50-/m0/s1. The van der Waals surface area contributed by atoms with Crippen LogP contribution in [0.5, 0.6) is 0 Å². The second-order valence-electron chi connectivity index (χ2n) is 18.9. The maximum atomic E-state index is 12.8. The summed E-state index contributed by atoms with van der Waals surface area (Å²) in [5, 5.41) is 0. The molecule has 350 valence electrons. The third kappa shape index (κ3) is 45.8. The highest BCUT2D eigenvalue weighted by Crippen LogP contribution is 2.18. The number of hydrogen-bond donors (Lipinski definition) is 0. The quantitative estimate of drug-likeness (QED) is 0.0345. The number of hydrogen-bond acceptors (Lipinski definition) is 6. The van der Waals surface area contributed by atoms with E-state index in [2.05, 4.69) is 34.6 Å². The summed E-state index contributed by atoms with van der Waals surface area (Å²) in [5.74, 6) is 0.881. The molecule has 0 saturated heterocycles. The molecule has 0 aliphatic carbocycles. The van der Waals surface area contributed by atoms with Crippen molar-refractivity contribution >= 4 is 17.9 Å². The normalized spacial score (nSPS) is 12.5. The molecule has 6 nitrogen and oxygen atoms in total. The monoisotopic (exact) mass is 835 g/mol. The van der Waals surface area contributed by atoms with E-state index in [0.29, 0.717) is 19.3 Å². The second kappa shape index (κ2) is 45.9. The third-order valence-electron chi connectivity index (χ3n) is 12.3. The van der Waals surface area contributed by atoms with Crippen molar-refractivity contribution in [3.63, 3.8) is 0 Å². The third-order valence-corrected chi connectivity index (χ3v) is 12.3. The van der Waals surface area contributed by atoms with Crippen LogP contribution in [0.2, 0.25) is 0 Å². The SMILES string of the molecule is CCCCCCCCCC(=O)OC[C@@H](COC(=O)CCCCCCCCCCCCCCCC(C)C)OC(=O)CCCCCCCCCCCCCCCCC(C)CC. The van der Waals surface area contributed by atoms with Crippen molar-refractivity contribution in [1.29, 1.82) is 0 Å². The molecule has 0 spiro atoms. The van der Waals surface area contributed by atoms with Gasteiger partial charge in [0.15, 0.2) is 6.10 Å². The number of ether oxygens (including phenoxy) is 3. The molecule has 0 aromatic carbocycles. The Balaban J connectivity index is 4.19. The predicted molar refractivity (Wildman–Crippen MR) is 252 cm³/mol. The van der Waals surface area contributed by atoms with Gasteiger partial charge in [0, 0.05) is 19.3 Å². The van der Waals surface area contributed by atoms with Gasteiger partial charge in [-0.15, -0.1) is 0 Å². The predicted octanol–water partition coefficient (Wildman–Crippen LogP) is 16.9. The van der Waals surface area contributed by atoms with E-state index in [1.807, 2.05) is 0 Å². The number of carbonyl (C=O) groups is 3. The van der Waals surface area contributed by atoms with E-state index in [9.17, 15) is 14.4 Å². The number of carbonyl (C=O) groups excluding carboxylic acids is 3. The zero-order valence-electron chi connectivity index (χ0n) is 40.4. The lowest BCUT2D eigenvalue weighted by atomic mass is 9.99. The van der Waals surface area contributed by atoms with E-state index in [-0.39, 0.29) is 31.1 Å². The first-order valence-corrected chi connectivity index (χ1v) is 26.3. The van der Waals surface area contributed by atoms with E-state index in [1.54, 1.807) is 0 Å². The fourth-order valence-electron chi connectivity index (χ4n) is 7.96. The van der Waals surface area contributed by atoms with Crippen LogP contribution in [0.25, 0.3) is 0 Å². The molecule has 0 amide bonds. The van der Waals surface area contributed by atoms with Gasteiger partial charge in [-0.2, -0.15) is 0 Å². The number of unbranched alkanes of at least 4 members (excludes halogenated alkanes) is 31. The summed E-state index contributed by atoms with van der Waals surface area (Å²) in [6, 6.07) is 0. The Morgan fingerprint density at radius 3 is 0.966 bits per heavy atom. The van der Waals surface area contributed by atoms with Crippen LogP contribution in [0.3, 0.4) is 0 Å². The molecule has 0 aromatic rings. The van der Waals surface area contributed by atoms with Crippen molar-refractivity contribution < 1.29 is 28.6 Å². The van der Waals surface area contributed by atoms with Crippen molar-refractivity contribution in [1.82, 2.24) is 0 Å². The Morgan fingerprint density at radius 1 is 0.356 bits per heavy atom. The zero-order chi connectivity index (χ0) is 43.3. The molecule has 59 heavy (non-hydrogen) atoms. The Kier molecular flexibility index (Phi) is 44.7. The lowest BCUT2D eigenvalue weighted by Crippen LogP contribution is -2.30. The van der Waals surface area contributed by atoms with Crippen molar-refractivity contribution in [2.45, 2.75) is 298 Å². The topological polar surface area (TPSA) is 78.9 Å². The van der Waals surface area contributed by atoms with Gasteiger partial charge in [-0.25, -0.2) is 0 Å². The van der Waals surface area contributed by atoms with Crippen LogP contribution in [0.4, 0.5) is 0 Å². The Hall–Kier alpha value is -1.59. The molecule has 0 aromatic heterocycles. The molecule has 2 atom stereocenters. The van der Waals surface area contributed by atoms with Crippen LogP contribution < -0.4 is 0 Å². The lowest BCUT2D eigenvalue weighted by Gasteiger charge is -2.18. The Bertz CT molecular complexity index is 902. The summed E-state index contributed by atoms with van der Waals surface area (Å²) >= 11 is 0. The molecule has 1 unspecified atom stereocenters. The van der Waals surface area contributed by atoms with Crippen LogP contribution in [0.15, 0.2) is 0 Å². The summed E-state index contributed by atoms with van der Waals surface area (Å²) in [7, 11) is 0. The molecule has 6 heteroatoms. The van der Waals surface area contributed by atoms with Crippen molar-refractivity contribution in [3.8, 4) is 0 Å². The summed E-state index contributed by atoms with van der Waals surface area (Å²) < 4.78 is 16.8. The lowest BCUT2D eigenvalue weighted by molar-refractivity contribution is -0.167. The van der Waals surface area contributed by atoms with Gasteiger partial charge in [0.1, 0.15) is 13.2 Å². The molecule has 0 bridgehead atoms. The molecule has 0 N–H and O–H groups in total. The Labute approximate surface area is 368 Å². The van der Waals surface area contributed by atoms with Crippen molar-refractivity contribution in [2.75, 3.05) is 13.2 Å². The number of rotatable bonds is 47. The van der Waals surface area contributed by atoms with E-state index in [0.717, 1.165) is 69.6 Å². The maximum Gasteiger partial charge on any atom is 0.306 e. The highest BCUT2D eigenvalue weighted by molar-refractivity contribution is 5.71. The van der Waals surface area contributed by atoms with Crippen LogP contribution in [-0.2, 0) is 28.6 Å². The van der Waals surface area contributed by atoms with Gasteiger partial charge in [0.2, 0.25) is 0 Å². The van der Waals surface area contributed by atoms with Gasteiger partial charge in [-0.05, 0) is 31.1 Å². The second-order valence-corrected chi connectivity index (χ2v) is 18.9. The molecule has 0 radical (unpaired) electrons. The van der Waals surface area contributed by atoms with Crippen LogP contribution in [-0.4, -0.2) is 37.2 Å². The smallest absolute Gasteiger partial charge is 0.306 e.